The van der Waals surface area contributed by atoms with Gasteiger partial charge in [0.05, 0.1) is 12.9 Å². The summed E-state index contributed by atoms with van der Waals surface area (Å²) in [7, 11) is 3.25. The molecular formula is C24H31F2N2O2P. The van der Waals surface area contributed by atoms with Gasteiger partial charge in [-0.25, -0.2) is 0 Å². The van der Waals surface area contributed by atoms with E-state index < -0.39 is 5.66 Å². The van der Waals surface area contributed by atoms with Gasteiger partial charge in [-0.1, -0.05) is 40.1 Å². The molecule has 0 aromatic heterocycles. The number of allylic oxidation sites excluding steroid dienone is 1. The zero-order valence-electron chi connectivity index (χ0n) is 18.2. The predicted molar refractivity (Wildman–Crippen MR) is 125 cm³/mol. The highest BCUT2D eigenvalue weighted by atomic mass is 31.0. The van der Waals surface area contributed by atoms with E-state index >= 15 is 0 Å². The second-order valence-electron chi connectivity index (χ2n) is 7.87. The molecule has 1 aliphatic rings. The van der Waals surface area contributed by atoms with E-state index in [0.29, 0.717) is 5.76 Å². The molecule has 168 valence electrons. The van der Waals surface area contributed by atoms with Crippen LogP contribution in [0.5, 0.6) is 5.75 Å². The number of halogens is 2. The number of alkyl halides is 2. The molecule has 2 aromatic rings. The van der Waals surface area contributed by atoms with Gasteiger partial charge < -0.3 is 14.4 Å². The molecule has 7 heteroatoms. The standard InChI is InChI=1S/C24H31F2N2O2P/c1-18(2)30-23(19-4-6-20(7-5-19)24(25,26)31)12-13-27-14-16-28(17-15-27)21-8-10-22(29-3)11-9-21/h4-11,23H,1,12-17,31H2,2-3H3. The Kier molecular flexibility index (Phi) is 7.90. The number of methoxy groups -OCH3 is 1. The molecule has 0 aliphatic carbocycles. The molecule has 2 aromatic carbocycles. The molecule has 2 atom stereocenters. The first-order valence-electron chi connectivity index (χ1n) is 10.5. The van der Waals surface area contributed by atoms with Crippen LogP contribution in [0.15, 0.2) is 60.9 Å². The molecule has 0 bridgehead atoms. The number of ether oxygens (including phenoxy) is 2. The summed E-state index contributed by atoms with van der Waals surface area (Å²) in [6.45, 7) is 10.4. The van der Waals surface area contributed by atoms with Crippen LogP contribution in [0, 0.1) is 0 Å². The molecule has 0 spiro atoms. The molecule has 4 nitrogen and oxygen atoms in total. The average Bonchev–Trinajstić information content (AvgIpc) is 2.76. The van der Waals surface area contributed by atoms with Crippen molar-refractivity contribution < 1.29 is 18.3 Å². The molecule has 0 N–H and O–H groups in total. The van der Waals surface area contributed by atoms with Gasteiger partial charge in [0.25, 0.3) is 5.66 Å². The number of piperazine rings is 1. The summed E-state index contributed by atoms with van der Waals surface area (Å²) in [4.78, 5) is 4.79. The number of anilines is 1. The van der Waals surface area contributed by atoms with Gasteiger partial charge in [0, 0.05) is 50.4 Å². The number of benzene rings is 2. The van der Waals surface area contributed by atoms with Gasteiger partial charge in [0.1, 0.15) is 11.9 Å². The second-order valence-corrected chi connectivity index (χ2v) is 8.59. The highest BCUT2D eigenvalue weighted by molar-refractivity contribution is 7.17. The predicted octanol–water partition coefficient (Wildman–Crippen LogP) is 5.42. The smallest absolute Gasteiger partial charge is 0.283 e. The molecular weight excluding hydrogens is 417 g/mol. The van der Waals surface area contributed by atoms with Crippen LogP contribution in [0.4, 0.5) is 14.5 Å². The minimum absolute atomic E-state index is 0.0232. The number of nitrogens with zero attached hydrogens (tertiary/aromatic N) is 2. The van der Waals surface area contributed by atoms with Crippen molar-refractivity contribution in [3.8, 4) is 5.75 Å². The summed E-state index contributed by atoms with van der Waals surface area (Å²) in [5.41, 5.74) is -0.856. The molecule has 0 radical (unpaired) electrons. The largest absolute Gasteiger partial charge is 0.497 e. The number of rotatable bonds is 9. The van der Waals surface area contributed by atoms with E-state index in [2.05, 4.69) is 28.5 Å². The van der Waals surface area contributed by atoms with Crippen molar-refractivity contribution >= 4 is 14.9 Å². The maximum Gasteiger partial charge on any atom is 0.283 e. The molecule has 31 heavy (non-hydrogen) atoms. The summed E-state index contributed by atoms with van der Waals surface area (Å²) in [6, 6.07) is 14.5. The minimum Gasteiger partial charge on any atom is -0.497 e. The van der Waals surface area contributed by atoms with Crippen LogP contribution in [0.3, 0.4) is 0 Å². The molecule has 1 heterocycles. The highest BCUT2D eigenvalue weighted by Crippen LogP contribution is 2.36. The first-order valence-corrected chi connectivity index (χ1v) is 11.0. The molecule has 1 aliphatic heterocycles. The van der Waals surface area contributed by atoms with Gasteiger partial charge in [0.2, 0.25) is 0 Å². The molecule has 1 saturated heterocycles. The van der Waals surface area contributed by atoms with Crippen molar-refractivity contribution in [2.75, 3.05) is 44.7 Å². The van der Waals surface area contributed by atoms with Crippen LogP contribution < -0.4 is 9.64 Å². The van der Waals surface area contributed by atoms with Gasteiger partial charge in [0.15, 0.2) is 0 Å². The number of hydrogen-bond acceptors (Lipinski definition) is 4. The van der Waals surface area contributed by atoms with Crippen LogP contribution in [-0.4, -0.2) is 44.7 Å². The van der Waals surface area contributed by atoms with E-state index in [1.165, 1.54) is 17.8 Å². The molecule has 0 saturated carbocycles. The van der Waals surface area contributed by atoms with E-state index in [-0.39, 0.29) is 11.7 Å². The Hall–Kier alpha value is -2.17. The maximum absolute atomic E-state index is 13.5. The fourth-order valence-corrected chi connectivity index (χ4v) is 3.97. The zero-order valence-corrected chi connectivity index (χ0v) is 19.3. The summed E-state index contributed by atoms with van der Waals surface area (Å²) in [5, 5.41) is 0. The molecule has 1 fully saturated rings. The van der Waals surface area contributed by atoms with Crippen LogP contribution in [-0.2, 0) is 10.4 Å². The Morgan fingerprint density at radius 1 is 1.06 bits per heavy atom. The fraction of sp³-hybridized carbons (Fsp3) is 0.417. The van der Waals surface area contributed by atoms with Crippen LogP contribution in [0.2, 0.25) is 0 Å². The Labute approximate surface area is 186 Å². The number of hydrogen-bond donors (Lipinski definition) is 0. The van der Waals surface area contributed by atoms with Crippen LogP contribution in [0.25, 0.3) is 0 Å². The van der Waals surface area contributed by atoms with Crippen molar-refractivity contribution in [3.05, 3.63) is 72.0 Å². The third-order valence-electron chi connectivity index (χ3n) is 5.53. The monoisotopic (exact) mass is 448 g/mol. The van der Waals surface area contributed by atoms with Gasteiger partial charge >= 0.3 is 0 Å². The van der Waals surface area contributed by atoms with E-state index in [0.717, 1.165) is 50.5 Å². The normalized spacial score (nSPS) is 16.1. The third-order valence-corrected chi connectivity index (χ3v) is 5.86. The lowest BCUT2D eigenvalue weighted by molar-refractivity contribution is 0.0944. The molecule has 0 amide bonds. The Morgan fingerprint density at radius 3 is 2.19 bits per heavy atom. The van der Waals surface area contributed by atoms with Crippen molar-refractivity contribution in [1.29, 1.82) is 0 Å². The Morgan fingerprint density at radius 2 is 1.68 bits per heavy atom. The second kappa shape index (κ2) is 10.4. The lowest BCUT2D eigenvalue weighted by Gasteiger charge is -2.36. The van der Waals surface area contributed by atoms with Crippen LogP contribution in [0.1, 0.15) is 30.6 Å². The Balaban J connectivity index is 1.55. The van der Waals surface area contributed by atoms with Gasteiger partial charge in [-0.15, -0.1) is 0 Å². The van der Waals surface area contributed by atoms with Crippen LogP contribution >= 0.6 is 9.24 Å². The third kappa shape index (κ3) is 6.65. The lowest BCUT2D eigenvalue weighted by atomic mass is 10.0. The maximum atomic E-state index is 13.5. The topological polar surface area (TPSA) is 24.9 Å². The molecule has 2 unspecified atom stereocenters. The summed E-state index contributed by atoms with van der Waals surface area (Å²) < 4.78 is 38.1. The average molecular weight is 448 g/mol. The van der Waals surface area contributed by atoms with E-state index in [4.69, 9.17) is 9.47 Å². The zero-order chi connectivity index (χ0) is 22.4. The highest BCUT2D eigenvalue weighted by Gasteiger charge is 2.25. The molecule has 3 rings (SSSR count). The fourth-order valence-electron chi connectivity index (χ4n) is 3.78. The first kappa shape index (κ1) is 23.5. The van der Waals surface area contributed by atoms with E-state index in [1.54, 1.807) is 28.5 Å². The van der Waals surface area contributed by atoms with Gasteiger partial charge in [-0.2, -0.15) is 8.78 Å². The SMILES string of the molecule is C=C(C)OC(CCN1CCN(c2ccc(OC)cc2)CC1)c1ccc(C(F)(F)P)cc1. The minimum atomic E-state index is -2.92. The van der Waals surface area contributed by atoms with E-state index in [9.17, 15) is 8.78 Å². The summed E-state index contributed by atoms with van der Waals surface area (Å²) in [5.74, 6) is 1.48. The van der Waals surface area contributed by atoms with Crippen molar-refractivity contribution in [1.82, 2.24) is 4.90 Å². The van der Waals surface area contributed by atoms with Crippen molar-refractivity contribution in [2.45, 2.75) is 25.1 Å². The summed E-state index contributed by atoms with van der Waals surface area (Å²) >= 11 is 0. The summed E-state index contributed by atoms with van der Waals surface area (Å²) in [6.07, 6.45) is 0.565. The Bertz CT molecular complexity index is 845. The van der Waals surface area contributed by atoms with Gasteiger partial charge in [-0.05, 0) is 36.8 Å². The van der Waals surface area contributed by atoms with Gasteiger partial charge in [-0.3, -0.25) is 4.90 Å². The first-order chi connectivity index (χ1) is 14.8. The van der Waals surface area contributed by atoms with E-state index in [1.807, 2.05) is 19.1 Å². The van der Waals surface area contributed by atoms with Crippen molar-refractivity contribution in [3.63, 3.8) is 0 Å². The van der Waals surface area contributed by atoms with Crippen molar-refractivity contribution in [2.24, 2.45) is 0 Å². The quantitative estimate of drug-likeness (QED) is 0.378. The lowest BCUT2D eigenvalue weighted by Crippen LogP contribution is -2.46.